The van der Waals surface area contributed by atoms with Crippen LogP contribution >= 0.6 is 0 Å². The summed E-state index contributed by atoms with van der Waals surface area (Å²) in [6.45, 7) is 0. The molecule has 0 saturated heterocycles. The number of nitriles is 1. The van der Waals surface area contributed by atoms with Gasteiger partial charge in [-0.1, -0.05) is 0 Å². The van der Waals surface area contributed by atoms with Crippen molar-refractivity contribution in [3.8, 4) is 17.3 Å². The molecule has 3 aromatic rings. The number of halogens is 2. The average Bonchev–Trinajstić information content (AvgIpc) is 3.15. The predicted molar refractivity (Wildman–Crippen MR) is 117 cm³/mol. The SMILES string of the molecule is COC(=O)[C@H]1C2CCC(CC2)C1Nc1cc(-c2nn(C)c3ncc(F)cc23)c(C#N)cc1F. The van der Waals surface area contributed by atoms with Gasteiger partial charge in [-0.15, -0.1) is 0 Å². The van der Waals surface area contributed by atoms with E-state index in [-0.39, 0.29) is 41.0 Å². The van der Waals surface area contributed by atoms with E-state index < -0.39 is 11.6 Å². The minimum atomic E-state index is -0.593. The van der Waals surface area contributed by atoms with Crippen LogP contribution in [0.2, 0.25) is 0 Å². The third kappa shape index (κ3) is 3.50. The maximum absolute atomic E-state index is 15.1. The number of ether oxygens (including phenoxy) is 1. The Hall–Kier alpha value is -3.54. The monoisotopic (exact) mass is 451 g/mol. The molecule has 3 aliphatic carbocycles. The van der Waals surface area contributed by atoms with E-state index in [1.165, 1.54) is 23.9 Å². The zero-order valence-corrected chi connectivity index (χ0v) is 18.3. The molecule has 33 heavy (non-hydrogen) atoms. The molecule has 9 heteroatoms. The van der Waals surface area contributed by atoms with Crippen LogP contribution in [0.1, 0.15) is 31.2 Å². The normalized spacial score (nSPS) is 24.0. The van der Waals surface area contributed by atoms with E-state index in [4.69, 9.17) is 4.74 Å². The van der Waals surface area contributed by atoms with Gasteiger partial charge in [0.15, 0.2) is 5.65 Å². The Morgan fingerprint density at radius 3 is 2.64 bits per heavy atom. The summed E-state index contributed by atoms with van der Waals surface area (Å²) < 4.78 is 35.6. The van der Waals surface area contributed by atoms with E-state index in [0.717, 1.165) is 37.9 Å². The van der Waals surface area contributed by atoms with Crippen molar-refractivity contribution in [1.82, 2.24) is 14.8 Å². The van der Waals surface area contributed by atoms with E-state index in [0.29, 0.717) is 22.3 Å². The standard InChI is InChI=1S/C24H23F2N5O2/c1-31-23-17(8-15(25)11-28-23)22(30-31)16-9-19(18(26)7-14(16)10-27)29-21-13-5-3-12(4-6-13)20(21)24(32)33-2/h7-9,11-13,20-21,29H,3-6H2,1-2H3/t12?,13?,20-,21?/m0/s1. The zero-order chi connectivity index (χ0) is 23.3. The van der Waals surface area contributed by atoms with Crippen LogP contribution < -0.4 is 5.32 Å². The van der Waals surface area contributed by atoms with Crippen molar-refractivity contribution >= 4 is 22.7 Å². The predicted octanol–water partition coefficient (Wildman–Crippen LogP) is 4.17. The number of pyridine rings is 1. The summed E-state index contributed by atoms with van der Waals surface area (Å²) in [6.07, 6.45) is 4.96. The van der Waals surface area contributed by atoms with Crippen LogP contribution in [0.4, 0.5) is 14.5 Å². The second-order valence-electron chi connectivity index (χ2n) is 8.88. The van der Waals surface area contributed by atoms with Crippen LogP contribution in [0.25, 0.3) is 22.3 Å². The molecule has 3 aliphatic rings. The van der Waals surface area contributed by atoms with Crippen LogP contribution in [0.15, 0.2) is 24.4 Å². The van der Waals surface area contributed by atoms with Crippen molar-refractivity contribution < 1.29 is 18.3 Å². The first kappa shape index (κ1) is 21.3. The number of aryl methyl sites for hydroxylation is 1. The summed E-state index contributed by atoms with van der Waals surface area (Å²) in [6, 6.07) is 5.73. The molecule has 6 rings (SSSR count). The number of nitrogens with one attached hydrogen (secondary N) is 1. The van der Waals surface area contributed by atoms with Gasteiger partial charge in [0, 0.05) is 24.0 Å². The lowest BCUT2D eigenvalue weighted by Gasteiger charge is -2.47. The number of anilines is 1. The number of hydrogen-bond acceptors (Lipinski definition) is 6. The van der Waals surface area contributed by atoms with E-state index in [9.17, 15) is 14.4 Å². The molecule has 1 aromatic carbocycles. The molecule has 3 fully saturated rings. The van der Waals surface area contributed by atoms with Gasteiger partial charge >= 0.3 is 5.97 Å². The molecule has 0 radical (unpaired) electrons. The third-order valence-corrected chi connectivity index (χ3v) is 7.14. The summed E-state index contributed by atoms with van der Waals surface area (Å²) >= 11 is 0. The van der Waals surface area contributed by atoms with Gasteiger partial charge in [-0.2, -0.15) is 10.4 Å². The maximum Gasteiger partial charge on any atom is 0.311 e. The zero-order valence-electron chi connectivity index (χ0n) is 18.3. The topological polar surface area (TPSA) is 92.8 Å². The van der Waals surface area contributed by atoms with Crippen molar-refractivity contribution in [2.45, 2.75) is 31.7 Å². The highest BCUT2D eigenvalue weighted by Gasteiger charge is 2.48. The summed E-state index contributed by atoms with van der Waals surface area (Å²) in [5.74, 6) is -1.33. The lowest BCUT2D eigenvalue weighted by molar-refractivity contribution is -0.152. The molecule has 0 spiro atoms. The van der Waals surface area contributed by atoms with Gasteiger partial charge in [-0.25, -0.2) is 18.4 Å². The summed E-state index contributed by atoms with van der Waals surface area (Å²) in [5, 5.41) is 17.8. The highest BCUT2D eigenvalue weighted by Crippen LogP contribution is 2.47. The molecule has 2 aromatic heterocycles. The van der Waals surface area contributed by atoms with Gasteiger partial charge < -0.3 is 10.1 Å². The summed E-state index contributed by atoms with van der Waals surface area (Å²) in [7, 11) is 3.05. The van der Waals surface area contributed by atoms with Gasteiger partial charge in [0.1, 0.15) is 17.3 Å². The molecule has 2 heterocycles. The Bertz CT molecular complexity index is 1290. The number of carbonyl (C=O) groups is 1. The van der Waals surface area contributed by atoms with Crippen LogP contribution in [-0.4, -0.2) is 33.9 Å². The van der Waals surface area contributed by atoms with Crippen molar-refractivity contribution in [3.63, 3.8) is 0 Å². The number of carbonyl (C=O) groups excluding carboxylic acids is 1. The highest BCUT2D eigenvalue weighted by molar-refractivity contribution is 5.93. The Kier molecular flexibility index (Phi) is 5.23. The van der Waals surface area contributed by atoms with Crippen molar-refractivity contribution in [3.05, 3.63) is 41.6 Å². The molecule has 1 N–H and O–H groups in total. The number of methoxy groups -OCH3 is 1. The molecule has 170 valence electrons. The number of benzene rings is 1. The molecule has 2 atom stereocenters. The number of aromatic nitrogens is 3. The molecule has 1 unspecified atom stereocenters. The summed E-state index contributed by atoms with van der Waals surface area (Å²) in [4.78, 5) is 16.6. The van der Waals surface area contributed by atoms with Gasteiger partial charge in [0.25, 0.3) is 0 Å². The lowest BCUT2D eigenvalue weighted by Crippen LogP contribution is -2.51. The third-order valence-electron chi connectivity index (χ3n) is 7.14. The quantitative estimate of drug-likeness (QED) is 0.599. The number of hydrogen-bond donors (Lipinski definition) is 1. The Morgan fingerprint density at radius 1 is 1.21 bits per heavy atom. The maximum atomic E-state index is 15.1. The van der Waals surface area contributed by atoms with Crippen molar-refractivity contribution in [1.29, 1.82) is 5.26 Å². The molecule has 2 bridgehead atoms. The minimum Gasteiger partial charge on any atom is -0.469 e. The lowest BCUT2D eigenvalue weighted by atomic mass is 9.61. The molecule has 0 amide bonds. The Balaban J connectivity index is 1.60. The highest BCUT2D eigenvalue weighted by atomic mass is 19.1. The van der Waals surface area contributed by atoms with Gasteiger partial charge in [-0.05, 0) is 55.7 Å². The second-order valence-corrected chi connectivity index (χ2v) is 8.88. The fourth-order valence-electron chi connectivity index (χ4n) is 5.60. The van der Waals surface area contributed by atoms with Crippen LogP contribution in [0.5, 0.6) is 0 Å². The Morgan fingerprint density at radius 2 is 1.94 bits per heavy atom. The summed E-state index contributed by atoms with van der Waals surface area (Å²) in [5.41, 5.74) is 1.42. The van der Waals surface area contributed by atoms with Crippen LogP contribution in [-0.2, 0) is 16.6 Å². The number of fused-ring (bicyclic) bond motifs is 4. The van der Waals surface area contributed by atoms with E-state index in [1.54, 1.807) is 7.05 Å². The molecular formula is C24H23F2N5O2. The van der Waals surface area contributed by atoms with Gasteiger partial charge in [-0.3, -0.25) is 4.79 Å². The van der Waals surface area contributed by atoms with E-state index in [1.807, 2.05) is 6.07 Å². The van der Waals surface area contributed by atoms with E-state index >= 15 is 4.39 Å². The Labute approximate surface area is 189 Å². The fraction of sp³-hybridized carbons (Fsp3) is 0.417. The molecular weight excluding hydrogens is 428 g/mol. The first-order chi connectivity index (χ1) is 15.9. The number of rotatable bonds is 4. The molecule has 3 saturated carbocycles. The van der Waals surface area contributed by atoms with Crippen molar-refractivity contribution in [2.75, 3.05) is 12.4 Å². The average molecular weight is 451 g/mol. The second kappa shape index (κ2) is 8.10. The van der Waals surface area contributed by atoms with Crippen molar-refractivity contribution in [2.24, 2.45) is 24.8 Å². The fourth-order valence-corrected chi connectivity index (χ4v) is 5.60. The first-order valence-electron chi connectivity index (χ1n) is 11.0. The minimum absolute atomic E-state index is 0.0805. The van der Waals surface area contributed by atoms with Gasteiger partial charge in [0.05, 0.1) is 36.5 Å². The largest absolute Gasteiger partial charge is 0.469 e. The van der Waals surface area contributed by atoms with E-state index in [2.05, 4.69) is 15.4 Å². The number of esters is 1. The molecule has 0 aliphatic heterocycles. The van der Waals surface area contributed by atoms with Gasteiger partial charge in [0.2, 0.25) is 0 Å². The molecule has 7 nitrogen and oxygen atoms in total. The van der Waals surface area contributed by atoms with Crippen LogP contribution in [0.3, 0.4) is 0 Å². The van der Waals surface area contributed by atoms with Crippen LogP contribution in [0, 0.1) is 40.7 Å². The number of nitrogens with zero attached hydrogens (tertiary/aromatic N) is 4. The first-order valence-corrected chi connectivity index (χ1v) is 11.0. The smallest absolute Gasteiger partial charge is 0.311 e.